The number of nitriles is 1. The number of benzene rings is 1. The van der Waals surface area contributed by atoms with Crippen molar-refractivity contribution < 1.29 is 48.3 Å². The summed E-state index contributed by atoms with van der Waals surface area (Å²) in [5, 5.41) is 35.4. The van der Waals surface area contributed by atoms with Gasteiger partial charge in [0.25, 0.3) is 0 Å². The van der Waals surface area contributed by atoms with Gasteiger partial charge in [-0.1, -0.05) is 49.1 Å². The van der Waals surface area contributed by atoms with Gasteiger partial charge in [0, 0.05) is 68.7 Å². The first-order valence-electron chi connectivity index (χ1n) is 22.0. The van der Waals surface area contributed by atoms with Crippen LogP contribution in [0.4, 0.5) is 0 Å². The molecule has 6 heterocycles. The molecular formula is C47H56BN4O10. The lowest BCUT2D eigenvalue weighted by Gasteiger charge is -2.63. The van der Waals surface area contributed by atoms with Gasteiger partial charge in [-0.2, -0.15) is 5.26 Å². The van der Waals surface area contributed by atoms with Gasteiger partial charge in [-0.05, 0) is 85.9 Å². The van der Waals surface area contributed by atoms with Crippen molar-refractivity contribution in [2.24, 2.45) is 28.1 Å². The molecule has 1 amide bonds. The van der Waals surface area contributed by atoms with Crippen LogP contribution < -0.4 is 5.46 Å². The molecule has 4 fully saturated rings. The second kappa shape index (κ2) is 15.0. The van der Waals surface area contributed by atoms with E-state index in [1.54, 1.807) is 13.2 Å². The fraction of sp³-hybridized carbons (Fsp3) is 0.596. The minimum absolute atomic E-state index is 0.157. The van der Waals surface area contributed by atoms with Gasteiger partial charge in [-0.25, -0.2) is 4.79 Å². The zero-order chi connectivity index (χ0) is 44.1. The molecular weight excluding hydrogens is 791 g/mol. The van der Waals surface area contributed by atoms with Crippen LogP contribution in [0.3, 0.4) is 0 Å². The van der Waals surface area contributed by atoms with Crippen LogP contribution in [-0.4, -0.2) is 146 Å². The monoisotopic (exact) mass is 847 g/mol. The maximum absolute atomic E-state index is 15.4. The minimum Gasteiger partial charge on any atom is -0.468 e. The smallest absolute Gasteiger partial charge is 0.344 e. The summed E-state index contributed by atoms with van der Waals surface area (Å²) in [7, 11) is 6.19. The van der Waals surface area contributed by atoms with Gasteiger partial charge in [0.2, 0.25) is 12.0 Å². The van der Waals surface area contributed by atoms with Crippen molar-refractivity contribution in [1.29, 1.82) is 5.26 Å². The van der Waals surface area contributed by atoms with Gasteiger partial charge in [-0.15, -0.1) is 0 Å². The highest BCUT2D eigenvalue weighted by molar-refractivity contribution is 6.67. The van der Waals surface area contributed by atoms with Crippen LogP contribution in [0.15, 0.2) is 59.2 Å². The number of piperidine rings is 1. The Bertz CT molecular complexity index is 2290. The molecule has 2 N–H and O–H groups in total. The summed E-state index contributed by atoms with van der Waals surface area (Å²) in [4.78, 5) is 62.7. The predicted molar refractivity (Wildman–Crippen MR) is 226 cm³/mol. The summed E-state index contributed by atoms with van der Waals surface area (Å²) >= 11 is 0. The van der Waals surface area contributed by atoms with Crippen molar-refractivity contribution in [2.75, 3.05) is 54.1 Å². The Labute approximate surface area is 363 Å². The molecule has 1 aromatic rings. The Kier molecular flexibility index (Phi) is 10.3. The summed E-state index contributed by atoms with van der Waals surface area (Å²) in [6.07, 6.45) is 8.84. The molecule has 327 valence electrons. The molecule has 9 rings (SSSR count). The number of rotatable bonds is 8. The molecule has 0 aromatic heterocycles. The molecule has 3 saturated heterocycles. The number of carbonyl (C=O) groups is 4. The Morgan fingerprint density at radius 2 is 1.81 bits per heavy atom. The molecule has 2 aliphatic carbocycles. The summed E-state index contributed by atoms with van der Waals surface area (Å²) < 4.78 is 23.9. The Morgan fingerprint density at radius 1 is 1.03 bits per heavy atom. The van der Waals surface area contributed by atoms with Gasteiger partial charge < -0.3 is 34.1 Å². The second-order valence-electron chi connectivity index (χ2n) is 18.9. The van der Waals surface area contributed by atoms with Crippen LogP contribution in [0.2, 0.25) is 0 Å². The number of methoxy groups -OCH3 is 3. The highest BCUT2D eigenvalue weighted by atomic mass is 16.6. The Hall–Kier alpha value is -4.59. The number of hydrogen-bond donors (Lipinski definition) is 2. The second-order valence-corrected chi connectivity index (χ2v) is 18.9. The van der Waals surface area contributed by atoms with Gasteiger partial charge in [-0.3, -0.25) is 24.2 Å². The highest BCUT2D eigenvalue weighted by Gasteiger charge is 2.82. The number of likely N-dealkylation sites (tertiary alicyclic amines) is 1. The van der Waals surface area contributed by atoms with E-state index >= 15 is 4.79 Å². The van der Waals surface area contributed by atoms with Crippen molar-refractivity contribution in [3.05, 3.63) is 70.4 Å². The number of nitrogens with zero attached hydrogens (tertiary/aromatic N) is 4. The summed E-state index contributed by atoms with van der Waals surface area (Å²) in [5.41, 5.74) is -2.12. The number of allylic oxidation sites excluding steroid dienone is 1. The Balaban J connectivity index is 1.34. The molecule has 1 aromatic carbocycles. The highest BCUT2D eigenvalue weighted by Crippen LogP contribution is 2.70. The van der Waals surface area contributed by atoms with Crippen molar-refractivity contribution in [3.8, 4) is 6.07 Å². The number of amides is 1. The number of carbonyl (C=O) groups excluding carboxylic acids is 4. The van der Waals surface area contributed by atoms with Gasteiger partial charge >= 0.3 is 17.9 Å². The SMILES string of the molecule is CC[C@]1(O)C[C@H]2CN(CCC3=C([B]c4ccc(C#N)cc43)[C@@](C(=O)OC)(C3C=C4C(=CC3OC)N(C=O)[C@H]3[C@@](O)(C(=O)OC)[C@H](OC(C)=O)[C@]5(CC)C=CCN6CC[C@]43[C@@H]65)C2)C1. The lowest BCUT2D eigenvalue weighted by Crippen LogP contribution is -2.80. The fourth-order valence-electron chi connectivity index (χ4n) is 14.1. The van der Waals surface area contributed by atoms with E-state index in [9.17, 15) is 29.9 Å². The van der Waals surface area contributed by atoms with Crippen LogP contribution >= 0.6 is 0 Å². The lowest BCUT2D eigenvalue weighted by molar-refractivity contribution is -0.242. The Morgan fingerprint density at radius 3 is 2.47 bits per heavy atom. The van der Waals surface area contributed by atoms with Gasteiger partial charge in [0.15, 0.2) is 13.4 Å². The largest absolute Gasteiger partial charge is 0.468 e. The average molecular weight is 848 g/mol. The minimum atomic E-state index is -2.54. The molecule has 14 nitrogen and oxygen atoms in total. The van der Waals surface area contributed by atoms with Gasteiger partial charge in [0.1, 0.15) is 0 Å². The van der Waals surface area contributed by atoms with Crippen molar-refractivity contribution >= 4 is 42.6 Å². The number of hydrogen-bond acceptors (Lipinski definition) is 13. The molecule has 15 heteroatoms. The first-order chi connectivity index (χ1) is 29.7. The van der Waals surface area contributed by atoms with E-state index in [4.69, 9.17) is 18.9 Å². The van der Waals surface area contributed by atoms with E-state index in [0.717, 1.165) is 22.1 Å². The fourth-order valence-corrected chi connectivity index (χ4v) is 14.1. The third kappa shape index (κ3) is 5.58. The van der Waals surface area contributed by atoms with E-state index in [1.165, 1.54) is 26.0 Å². The zero-order valence-electron chi connectivity index (χ0n) is 36.4. The molecule has 3 unspecified atom stereocenters. The summed E-state index contributed by atoms with van der Waals surface area (Å²) in [5.74, 6) is -3.12. The quantitative estimate of drug-likeness (QED) is 0.128. The maximum Gasteiger partial charge on any atom is 0.344 e. The number of fused-ring (bicyclic) bond motifs is 5. The zero-order valence-corrected chi connectivity index (χ0v) is 36.4. The molecule has 6 aliphatic heterocycles. The number of esters is 3. The van der Waals surface area contributed by atoms with Crippen molar-refractivity contribution in [2.45, 2.75) is 94.8 Å². The number of ether oxygens (including phenoxy) is 4. The van der Waals surface area contributed by atoms with Gasteiger partial charge in [0.05, 0.1) is 49.0 Å². The molecule has 8 aliphatic rings. The molecule has 1 radical (unpaired) electrons. The molecule has 1 saturated carbocycles. The summed E-state index contributed by atoms with van der Waals surface area (Å²) in [6.45, 7) is 8.05. The normalized spacial score (nSPS) is 40.0. The lowest BCUT2D eigenvalue weighted by atomic mass is 9.46. The number of aliphatic hydroxyl groups is 2. The average Bonchev–Trinajstić information content (AvgIpc) is 3.95. The summed E-state index contributed by atoms with van der Waals surface area (Å²) in [6, 6.07) is 6.13. The molecule has 2 bridgehead atoms. The van der Waals surface area contributed by atoms with E-state index in [-0.39, 0.29) is 12.3 Å². The van der Waals surface area contributed by atoms with Crippen LogP contribution in [0.25, 0.3) is 5.57 Å². The van der Waals surface area contributed by atoms with Crippen molar-refractivity contribution in [1.82, 2.24) is 14.7 Å². The topological polar surface area (TPSA) is 179 Å². The molecule has 62 heavy (non-hydrogen) atoms. The van der Waals surface area contributed by atoms with E-state index in [2.05, 4.69) is 29.2 Å². The van der Waals surface area contributed by atoms with E-state index in [0.29, 0.717) is 88.1 Å². The first-order valence-corrected chi connectivity index (χ1v) is 22.0. The van der Waals surface area contributed by atoms with Crippen LogP contribution in [0.5, 0.6) is 0 Å². The van der Waals surface area contributed by atoms with E-state index < -0.39 is 75.6 Å². The van der Waals surface area contributed by atoms with Crippen LogP contribution in [0.1, 0.15) is 70.4 Å². The third-order valence-electron chi connectivity index (χ3n) is 16.3. The molecule has 1 spiro atoms. The van der Waals surface area contributed by atoms with Crippen molar-refractivity contribution in [3.63, 3.8) is 0 Å². The van der Waals surface area contributed by atoms with Crippen LogP contribution in [-0.2, 0) is 38.1 Å². The maximum atomic E-state index is 15.4. The third-order valence-corrected chi connectivity index (χ3v) is 16.3. The predicted octanol–water partition coefficient (Wildman–Crippen LogP) is 2.20. The van der Waals surface area contributed by atoms with Crippen LogP contribution in [0, 0.1) is 39.4 Å². The standard InChI is InChI=1S/C47H56BN4O10/c1-7-43(57)21-29-22-46(41(55)60-5,37-30(12-16-50(24-29)25-43)31-18-28(23-49)10-11-34(31)48-37)33-19-32-35(20-36(33)59-4)52(26-53)39-45(32)14-17-51-15-9-13-44(8-2,38(45)51)40(62-27(3)54)47(39,58)42(56)61-6/h9-11,13,18-20,26,29,33,36,38-40,57-58H,7-8,12,14-17,21-22,24-25H2,1-6H3/t29-,33?,36?,38+,39-,40-,43+,44-,45-,46+,47+/m1/s1. The van der Waals surface area contributed by atoms with E-state index in [1.807, 2.05) is 44.2 Å². The molecule has 12 atom stereocenters. The first kappa shape index (κ1) is 42.7.